The van der Waals surface area contributed by atoms with Crippen molar-refractivity contribution in [1.82, 2.24) is 9.13 Å². The van der Waals surface area contributed by atoms with E-state index in [4.69, 9.17) is 26.1 Å². The molecule has 5 aromatic rings. The molecule has 0 radical (unpaired) electrons. The van der Waals surface area contributed by atoms with Crippen LogP contribution < -0.4 is 19.6 Å². The molecule has 0 amide bonds. The summed E-state index contributed by atoms with van der Waals surface area (Å²) >= 11 is 7.71. The number of carbonyl (C=O) groups is 1. The van der Waals surface area contributed by atoms with Gasteiger partial charge in [-0.3, -0.25) is 9.36 Å². The lowest BCUT2D eigenvalue weighted by Crippen LogP contribution is -2.40. The van der Waals surface area contributed by atoms with Gasteiger partial charge in [-0.15, -0.1) is 0 Å². The normalized spacial score (nSPS) is 14.9. The molecule has 1 atom stereocenters. The number of benzene rings is 3. The molecule has 45 heavy (non-hydrogen) atoms. The molecule has 0 saturated heterocycles. The summed E-state index contributed by atoms with van der Waals surface area (Å²) in [6.07, 6.45) is 5.02. The number of aromatic nitrogens is 2. The van der Waals surface area contributed by atoms with Gasteiger partial charge >= 0.3 is 5.97 Å². The lowest BCUT2D eigenvalue weighted by Gasteiger charge is -2.27. The van der Waals surface area contributed by atoms with Crippen LogP contribution in [0.4, 0.5) is 4.39 Å². The highest BCUT2D eigenvalue weighted by atomic mass is 35.5. The van der Waals surface area contributed by atoms with Gasteiger partial charge in [0.2, 0.25) is 0 Å². The first-order valence-electron chi connectivity index (χ1n) is 14.7. The largest absolute Gasteiger partial charge is 0.496 e. The van der Waals surface area contributed by atoms with Gasteiger partial charge in [0.05, 0.1) is 36.1 Å². The van der Waals surface area contributed by atoms with Gasteiger partial charge in [0.25, 0.3) is 5.56 Å². The van der Waals surface area contributed by atoms with Crippen LogP contribution in [0.5, 0.6) is 5.75 Å². The third kappa shape index (κ3) is 5.74. The number of rotatable bonds is 9. The summed E-state index contributed by atoms with van der Waals surface area (Å²) in [4.78, 5) is 33.2. The Morgan fingerprint density at radius 1 is 1.11 bits per heavy atom. The number of carbonyl (C=O) groups excluding carboxylic acids is 1. The van der Waals surface area contributed by atoms with Crippen molar-refractivity contribution in [2.45, 2.75) is 39.3 Å². The van der Waals surface area contributed by atoms with Crippen molar-refractivity contribution < 1.29 is 18.7 Å². The molecule has 0 N–H and O–H groups in total. The van der Waals surface area contributed by atoms with Gasteiger partial charge < -0.3 is 14.0 Å². The minimum atomic E-state index is -0.861. The van der Waals surface area contributed by atoms with Crippen LogP contribution in [-0.2, 0) is 16.1 Å². The number of allylic oxidation sites excluding steroid dienone is 1. The maximum absolute atomic E-state index is 14.6. The van der Waals surface area contributed by atoms with E-state index in [1.54, 1.807) is 37.3 Å². The SMILES string of the molecule is CCCC1=C(C(=O)OCC)[C@H](c2cc(Cl)ccc2OC)n2c(s/c(=C/c3cn(Cc4ccccc4F)c4ccccc34)c2=O)=N1. The molecule has 0 unspecified atom stereocenters. The average Bonchev–Trinajstić information content (AvgIpc) is 3.54. The Hall–Kier alpha value is -4.47. The smallest absolute Gasteiger partial charge is 0.338 e. The lowest BCUT2D eigenvalue weighted by molar-refractivity contribution is -0.139. The average molecular weight is 644 g/mol. The summed E-state index contributed by atoms with van der Waals surface area (Å²) in [6, 6.07) is 18.8. The molecule has 10 heteroatoms. The van der Waals surface area contributed by atoms with Gasteiger partial charge in [0.15, 0.2) is 4.80 Å². The van der Waals surface area contributed by atoms with Gasteiger partial charge in [0.1, 0.15) is 17.6 Å². The molecule has 0 fully saturated rings. The predicted octanol–water partition coefficient (Wildman–Crippen LogP) is 6.38. The molecule has 0 spiro atoms. The molecule has 2 aromatic heterocycles. The molecule has 0 aliphatic carbocycles. The Balaban J connectivity index is 1.58. The van der Waals surface area contributed by atoms with E-state index in [1.807, 2.05) is 54.1 Å². The first-order valence-corrected chi connectivity index (χ1v) is 15.9. The zero-order valence-corrected chi connectivity index (χ0v) is 26.6. The number of thiazole rings is 1. The molecular weight excluding hydrogens is 613 g/mol. The maximum Gasteiger partial charge on any atom is 0.338 e. The zero-order chi connectivity index (χ0) is 31.7. The van der Waals surface area contributed by atoms with Crippen LogP contribution in [-0.4, -0.2) is 28.8 Å². The predicted molar refractivity (Wildman–Crippen MR) is 175 cm³/mol. The molecule has 6 rings (SSSR count). The molecule has 0 bridgehead atoms. The van der Waals surface area contributed by atoms with E-state index in [2.05, 4.69) is 0 Å². The Bertz CT molecular complexity index is 2150. The van der Waals surface area contributed by atoms with Crippen LogP contribution in [0.1, 0.15) is 49.4 Å². The van der Waals surface area contributed by atoms with Crippen molar-refractivity contribution in [1.29, 1.82) is 0 Å². The molecule has 7 nitrogen and oxygen atoms in total. The number of halogens is 2. The molecular formula is C35H31ClFN3O4S. The molecule has 230 valence electrons. The summed E-state index contributed by atoms with van der Waals surface area (Å²) in [7, 11) is 1.54. The lowest BCUT2D eigenvalue weighted by atomic mass is 9.93. The first kappa shape index (κ1) is 30.6. The second kappa shape index (κ2) is 12.9. The number of esters is 1. The molecule has 1 aliphatic heterocycles. The van der Waals surface area contributed by atoms with Crippen molar-refractivity contribution in [3.63, 3.8) is 0 Å². The topological polar surface area (TPSA) is 74.8 Å². The number of hydrogen-bond acceptors (Lipinski definition) is 6. The number of hydrogen-bond donors (Lipinski definition) is 0. The second-order valence-electron chi connectivity index (χ2n) is 10.6. The summed E-state index contributed by atoms with van der Waals surface area (Å²) in [5.74, 6) is -0.334. The van der Waals surface area contributed by atoms with Crippen LogP contribution in [0.3, 0.4) is 0 Å². The Morgan fingerprint density at radius 2 is 1.89 bits per heavy atom. The van der Waals surface area contributed by atoms with Gasteiger partial charge in [-0.25, -0.2) is 14.2 Å². The minimum absolute atomic E-state index is 0.169. The number of methoxy groups -OCH3 is 1. The third-order valence-corrected chi connectivity index (χ3v) is 9.00. The van der Waals surface area contributed by atoms with Crippen molar-refractivity contribution >= 4 is 45.9 Å². The zero-order valence-electron chi connectivity index (χ0n) is 25.1. The van der Waals surface area contributed by atoms with E-state index in [1.165, 1.54) is 29.1 Å². The van der Waals surface area contributed by atoms with Gasteiger partial charge in [-0.2, -0.15) is 0 Å². The number of ether oxygens (including phenoxy) is 2. The quantitative estimate of drug-likeness (QED) is 0.175. The number of para-hydroxylation sites is 1. The molecule has 1 aliphatic rings. The number of fused-ring (bicyclic) bond motifs is 2. The van der Waals surface area contributed by atoms with E-state index >= 15 is 0 Å². The van der Waals surface area contributed by atoms with Crippen LogP contribution >= 0.6 is 22.9 Å². The highest BCUT2D eigenvalue weighted by molar-refractivity contribution is 7.07. The second-order valence-corrected chi connectivity index (χ2v) is 12.1. The fraction of sp³-hybridized carbons (Fsp3) is 0.229. The van der Waals surface area contributed by atoms with E-state index in [0.717, 1.165) is 22.9 Å². The van der Waals surface area contributed by atoms with Crippen LogP contribution in [0.15, 0.2) is 94.0 Å². The van der Waals surface area contributed by atoms with Gasteiger partial charge in [-0.05, 0) is 49.8 Å². The third-order valence-electron chi connectivity index (χ3n) is 7.78. The summed E-state index contributed by atoms with van der Waals surface area (Å²) in [5.41, 5.74) is 3.39. The van der Waals surface area contributed by atoms with E-state index in [-0.39, 0.29) is 18.0 Å². The standard InChI is InChI=1S/C35H31ClFN3O4S/c1-4-10-27-31(34(42)44-5-2)32(25-18-23(36)15-16-29(25)43-3)40-33(41)30(45-35(40)38-27)17-22-20-39(28-14-9-7-12-24(22)28)19-21-11-6-8-13-26(21)37/h6-9,11-18,20,32H,4-5,10,19H2,1-3H3/b30-17+/t32-/m0/s1. The van der Waals surface area contributed by atoms with Crippen molar-refractivity contribution in [2.75, 3.05) is 13.7 Å². The van der Waals surface area contributed by atoms with Crippen molar-refractivity contribution in [3.05, 3.63) is 131 Å². The number of nitrogens with zero attached hydrogens (tertiary/aromatic N) is 3. The maximum atomic E-state index is 14.6. The van der Waals surface area contributed by atoms with Crippen molar-refractivity contribution in [2.24, 2.45) is 4.99 Å². The monoisotopic (exact) mass is 643 g/mol. The highest BCUT2D eigenvalue weighted by Gasteiger charge is 2.36. The highest BCUT2D eigenvalue weighted by Crippen LogP contribution is 2.38. The molecule has 3 aromatic carbocycles. The van der Waals surface area contributed by atoms with Crippen LogP contribution in [0.25, 0.3) is 17.0 Å². The molecule has 0 saturated carbocycles. The van der Waals surface area contributed by atoms with Crippen LogP contribution in [0.2, 0.25) is 5.02 Å². The summed E-state index contributed by atoms with van der Waals surface area (Å²) in [5, 5.41) is 1.36. The fourth-order valence-electron chi connectivity index (χ4n) is 5.81. The Morgan fingerprint density at radius 3 is 2.64 bits per heavy atom. The minimum Gasteiger partial charge on any atom is -0.496 e. The van der Waals surface area contributed by atoms with E-state index < -0.39 is 12.0 Å². The van der Waals surface area contributed by atoms with E-state index in [9.17, 15) is 14.0 Å². The van der Waals surface area contributed by atoms with Crippen LogP contribution in [0, 0.1) is 5.82 Å². The Labute approximate surface area is 268 Å². The van der Waals surface area contributed by atoms with Gasteiger partial charge in [0, 0.05) is 38.8 Å². The summed E-state index contributed by atoms with van der Waals surface area (Å²) < 4.78 is 29.7. The van der Waals surface area contributed by atoms with Gasteiger partial charge in [-0.1, -0.05) is 72.7 Å². The fourth-order valence-corrected chi connectivity index (χ4v) is 7.00. The summed E-state index contributed by atoms with van der Waals surface area (Å²) in [6.45, 7) is 4.25. The first-order chi connectivity index (χ1) is 21.8. The molecule has 3 heterocycles. The van der Waals surface area contributed by atoms with E-state index in [0.29, 0.717) is 55.5 Å². The van der Waals surface area contributed by atoms with Crippen molar-refractivity contribution in [3.8, 4) is 5.75 Å². The Kier molecular flexibility index (Phi) is 8.74.